The normalized spacial score (nSPS) is 29.1. The molecule has 0 bridgehead atoms. The molecule has 0 aromatic carbocycles. The first-order valence-electron chi connectivity index (χ1n) is 4.27. The van der Waals surface area contributed by atoms with Crippen LogP contribution in [0.5, 0.6) is 0 Å². The summed E-state index contributed by atoms with van der Waals surface area (Å²) in [5.74, 6) is -1.09. The number of ether oxygens (including phenoxy) is 2. The van der Waals surface area contributed by atoms with Crippen molar-refractivity contribution in [2.45, 2.75) is 29.8 Å². The highest BCUT2D eigenvalue weighted by molar-refractivity contribution is 8.02. The molecule has 6 heteroatoms. The number of thioether (sulfide) groups is 1. The van der Waals surface area contributed by atoms with Gasteiger partial charge in [-0.2, -0.15) is 12.6 Å². The minimum Gasteiger partial charge on any atom is -0.391 e. The molecular weight excluding hydrogens is 224 g/mol. The van der Waals surface area contributed by atoms with E-state index in [1.54, 1.807) is 0 Å². The maximum atomic E-state index is 11.2. The van der Waals surface area contributed by atoms with Crippen molar-refractivity contribution in [2.75, 3.05) is 6.61 Å². The number of carbonyl (C=O) groups is 2. The van der Waals surface area contributed by atoms with Gasteiger partial charge in [0.2, 0.25) is 0 Å². The fourth-order valence-electron chi connectivity index (χ4n) is 1.08. The second-order valence-corrected chi connectivity index (χ2v) is 4.76. The van der Waals surface area contributed by atoms with Gasteiger partial charge in [-0.1, -0.05) is 0 Å². The number of thiol groups is 1. The van der Waals surface area contributed by atoms with Crippen LogP contribution < -0.4 is 0 Å². The van der Waals surface area contributed by atoms with Crippen LogP contribution in [0, 0.1) is 0 Å². The molecule has 0 radical (unpaired) electrons. The van der Waals surface area contributed by atoms with Gasteiger partial charge in [0.15, 0.2) is 0 Å². The molecule has 14 heavy (non-hydrogen) atoms. The fraction of sp³-hybridized carbons (Fsp3) is 0.750. The SMILES string of the molecule is CCOC(C)SC1C(=O)OC(=O)C1S. The van der Waals surface area contributed by atoms with Gasteiger partial charge in [0.05, 0.1) is 0 Å². The molecule has 1 rings (SSSR count). The summed E-state index contributed by atoms with van der Waals surface area (Å²) >= 11 is 5.27. The third kappa shape index (κ3) is 2.65. The molecule has 4 nitrogen and oxygen atoms in total. The number of rotatable bonds is 4. The second-order valence-electron chi connectivity index (χ2n) is 2.76. The standard InChI is InChI=1S/C8H12O4S2/c1-3-11-4(2)14-6-5(13)7(9)12-8(6)10/h4-6,13H,3H2,1-2H3. The molecular formula is C8H12O4S2. The number of esters is 2. The third-order valence-electron chi connectivity index (χ3n) is 1.70. The number of hydrogen-bond acceptors (Lipinski definition) is 6. The van der Waals surface area contributed by atoms with Gasteiger partial charge in [0.1, 0.15) is 15.9 Å². The van der Waals surface area contributed by atoms with Crippen LogP contribution >= 0.6 is 24.4 Å². The summed E-state index contributed by atoms with van der Waals surface area (Å²) in [7, 11) is 0. The summed E-state index contributed by atoms with van der Waals surface area (Å²) in [6, 6.07) is 0. The molecule has 0 N–H and O–H groups in total. The van der Waals surface area contributed by atoms with Crippen LogP contribution in [0.3, 0.4) is 0 Å². The lowest BCUT2D eigenvalue weighted by atomic mass is 10.3. The van der Waals surface area contributed by atoms with Crippen LogP contribution in [0.25, 0.3) is 0 Å². The predicted octanol–water partition coefficient (Wildman–Crippen LogP) is 0.853. The first-order valence-corrected chi connectivity index (χ1v) is 5.72. The maximum absolute atomic E-state index is 11.2. The molecule has 0 amide bonds. The Labute approximate surface area is 92.1 Å². The lowest BCUT2D eigenvalue weighted by Crippen LogP contribution is -2.24. The Bertz CT molecular complexity index is 243. The van der Waals surface area contributed by atoms with E-state index >= 15 is 0 Å². The van der Waals surface area contributed by atoms with Crippen molar-refractivity contribution >= 4 is 36.3 Å². The van der Waals surface area contributed by atoms with Crippen molar-refractivity contribution in [1.82, 2.24) is 0 Å². The molecule has 0 aliphatic carbocycles. The van der Waals surface area contributed by atoms with Crippen molar-refractivity contribution in [2.24, 2.45) is 0 Å². The lowest BCUT2D eigenvalue weighted by Gasteiger charge is -2.14. The monoisotopic (exact) mass is 236 g/mol. The van der Waals surface area contributed by atoms with E-state index in [4.69, 9.17) is 4.74 Å². The molecule has 3 unspecified atom stereocenters. The summed E-state index contributed by atoms with van der Waals surface area (Å²) in [5, 5.41) is -1.22. The summed E-state index contributed by atoms with van der Waals surface area (Å²) in [4.78, 5) is 22.1. The van der Waals surface area contributed by atoms with Gasteiger partial charge in [0.25, 0.3) is 0 Å². The van der Waals surface area contributed by atoms with Crippen molar-refractivity contribution in [3.8, 4) is 0 Å². The van der Waals surface area contributed by atoms with E-state index in [-0.39, 0.29) is 5.44 Å². The third-order valence-corrected chi connectivity index (χ3v) is 3.69. The van der Waals surface area contributed by atoms with E-state index in [0.717, 1.165) is 0 Å². The Morgan fingerprint density at radius 1 is 1.57 bits per heavy atom. The molecule has 1 fully saturated rings. The van der Waals surface area contributed by atoms with Crippen LogP contribution in [0.4, 0.5) is 0 Å². The van der Waals surface area contributed by atoms with Crippen LogP contribution in [0.15, 0.2) is 0 Å². The summed E-state index contributed by atoms with van der Waals surface area (Å²) in [6.45, 7) is 4.26. The van der Waals surface area contributed by atoms with E-state index in [2.05, 4.69) is 17.4 Å². The lowest BCUT2D eigenvalue weighted by molar-refractivity contribution is -0.151. The molecule has 1 heterocycles. The molecule has 0 aromatic heterocycles. The highest BCUT2D eigenvalue weighted by Gasteiger charge is 2.43. The molecule has 0 saturated carbocycles. The smallest absolute Gasteiger partial charge is 0.328 e. The Morgan fingerprint density at radius 3 is 2.64 bits per heavy atom. The van der Waals surface area contributed by atoms with Crippen LogP contribution in [0.1, 0.15) is 13.8 Å². The molecule has 0 aromatic rings. The molecule has 1 saturated heterocycles. The number of cyclic esters (lactones) is 2. The van der Waals surface area contributed by atoms with Crippen molar-refractivity contribution in [3.05, 3.63) is 0 Å². The molecule has 3 atom stereocenters. The van der Waals surface area contributed by atoms with E-state index in [1.165, 1.54) is 11.8 Å². The number of carbonyl (C=O) groups excluding carboxylic acids is 2. The van der Waals surface area contributed by atoms with E-state index in [9.17, 15) is 9.59 Å². The fourth-order valence-corrected chi connectivity index (χ4v) is 2.51. The van der Waals surface area contributed by atoms with Crippen molar-refractivity contribution in [1.29, 1.82) is 0 Å². The quantitative estimate of drug-likeness (QED) is 0.339. The van der Waals surface area contributed by atoms with Crippen molar-refractivity contribution < 1.29 is 19.1 Å². The van der Waals surface area contributed by atoms with Crippen molar-refractivity contribution in [3.63, 3.8) is 0 Å². The molecule has 1 aliphatic heterocycles. The van der Waals surface area contributed by atoms with E-state index < -0.39 is 22.4 Å². The minimum absolute atomic E-state index is 0.141. The molecule has 1 aliphatic rings. The summed E-state index contributed by atoms with van der Waals surface area (Å²) in [5.41, 5.74) is -0.141. The topological polar surface area (TPSA) is 52.6 Å². The molecule has 0 spiro atoms. The highest BCUT2D eigenvalue weighted by atomic mass is 32.2. The zero-order chi connectivity index (χ0) is 10.7. The maximum Gasteiger partial charge on any atom is 0.328 e. The van der Waals surface area contributed by atoms with Gasteiger partial charge in [-0.3, -0.25) is 9.59 Å². The first kappa shape index (κ1) is 11.9. The van der Waals surface area contributed by atoms with E-state index in [0.29, 0.717) is 6.61 Å². The van der Waals surface area contributed by atoms with Gasteiger partial charge in [0, 0.05) is 6.61 Å². The second kappa shape index (κ2) is 5.04. The van der Waals surface area contributed by atoms with Crippen LogP contribution in [0.2, 0.25) is 0 Å². The Hall–Kier alpha value is -0.200. The Morgan fingerprint density at radius 2 is 2.21 bits per heavy atom. The molecule has 80 valence electrons. The highest BCUT2D eigenvalue weighted by Crippen LogP contribution is 2.30. The number of hydrogen-bond donors (Lipinski definition) is 1. The van der Waals surface area contributed by atoms with Gasteiger partial charge in [-0.15, -0.1) is 11.8 Å². The largest absolute Gasteiger partial charge is 0.391 e. The summed E-state index contributed by atoms with van der Waals surface area (Å²) < 4.78 is 9.68. The Kier molecular flexibility index (Phi) is 4.28. The zero-order valence-corrected chi connectivity index (χ0v) is 9.64. The predicted molar refractivity (Wildman–Crippen MR) is 56.3 cm³/mol. The van der Waals surface area contributed by atoms with Crippen LogP contribution in [-0.4, -0.2) is 34.5 Å². The van der Waals surface area contributed by atoms with Crippen LogP contribution in [-0.2, 0) is 19.1 Å². The summed E-state index contributed by atoms with van der Waals surface area (Å²) in [6.07, 6.45) is 0. The van der Waals surface area contributed by atoms with Gasteiger partial charge >= 0.3 is 11.9 Å². The first-order chi connectivity index (χ1) is 6.56. The zero-order valence-electron chi connectivity index (χ0n) is 7.93. The minimum atomic E-state index is -0.671. The Balaban J connectivity index is 2.51. The van der Waals surface area contributed by atoms with Gasteiger partial charge in [-0.25, -0.2) is 0 Å². The van der Waals surface area contributed by atoms with E-state index in [1.807, 2.05) is 13.8 Å². The average Bonchev–Trinajstić information content (AvgIpc) is 2.33. The average molecular weight is 236 g/mol. The van der Waals surface area contributed by atoms with Gasteiger partial charge in [-0.05, 0) is 13.8 Å². The van der Waals surface area contributed by atoms with Gasteiger partial charge < -0.3 is 9.47 Å².